The molecule has 0 heterocycles. The van der Waals surface area contributed by atoms with Gasteiger partial charge in [0, 0.05) is 6.04 Å². The molecular weight excluding hydrogens is 342 g/mol. The Kier molecular flexibility index (Phi) is 5.06. The van der Waals surface area contributed by atoms with Crippen molar-refractivity contribution < 1.29 is 23.1 Å². The molecule has 0 aliphatic heterocycles. The summed E-state index contributed by atoms with van der Waals surface area (Å²) in [7, 11) is -3.63. The number of carboxylic acids is 1. The minimum Gasteiger partial charge on any atom is -0.482 e. The molecule has 1 atom stereocenters. The van der Waals surface area contributed by atoms with Crippen LogP contribution < -0.4 is 9.46 Å². The van der Waals surface area contributed by atoms with Gasteiger partial charge in [-0.2, -0.15) is 0 Å². The molecule has 0 saturated heterocycles. The molecule has 0 bridgehead atoms. The quantitative estimate of drug-likeness (QED) is 0.825. The van der Waals surface area contributed by atoms with Crippen LogP contribution in [-0.2, 0) is 21.2 Å². The predicted molar refractivity (Wildman–Crippen MR) is 92.0 cm³/mol. The van der Waals surface area contributed by atoms with Gasteiger partial charge in [-0.15, -0.1) is 0 Å². The Morgan fingerprint density at radius 2 is 1.92 bits per heavy atom. The van der Waals surface area contributed by atoms with Crippen LogP contribution in [0.2, 0.25) is 0 Å². The summed E-state index contributed by atoms with van der Waals surface area (Å²) in [6, 6.07) is 13.2. The first-order chi connectivity index (χ1) is 12.0. The van der Waals surface area contributed by atoms with E-state index in [-0.39, 0.29) is 10.9 Å². The molecule has 1 aliphatic rings. The number of rotatable bonds is 6. The summed E-state index contributed by atoms with van der Waals surface area (Å²) in [6.07, 6.45) is 2.21. The number of benzene rings is 2. The Labute approximate surface area is 146 Å². The Morgan fingerprint density at radius 1 is 1.16 bits per heavy atom. The normalized spacial score (nSPS) is 16.9. The lowest BCUT2D eigenvalue weighted by atomic mass is 9.87. The summed E-state index contributed by atoms with van der Waals surface area (Å²) in [4.78, 5) is 11.0. The van der Waals surface area contributed by atoms with Crippen LogP contribution >= 0.6 is 0 Å². The number of carboxylic acid groups (broad SMARTS) is 1. The van der Waals surface area contributed by atoms with E-state index >= 15 is 0 Å². The number of carbonyl (C=O) groups is 1. The molecule has 0 fully saturated rings. The zero-order chi connectivity index (χ0) is 17.9. The van der Waals surface area contributed by atoms with Crippen molar-refractivity contribution >= 4 is 16.0 Å². The number of ether oxygens (including phenoxy) is 1. The van der Waals surface area contributed by atoms with E-state index in [1.807, 2.05) is 6.07 Å². The molecule has 25 heavy (non-hydrogen) atoms. The molecule has 1 unspecified atom stereocenters. The molecule has 1 aliphatic carbocycles. The highest BCUT2D eigenvalue weighted by Crippen LogP contribution is 2.36. The molecule has 0 spiro atoms. The minimum absolute atomic E-state index is 0.223. The van der Waals surface area contributed by atoms with Crippen LogP contribution in [0.3, 0.4) is 0 Å². The molecule has 2 aromatic rings. The number of aliphatic carboxylic acids is 1. The fourth-order valence-corrected chi connectivity index (χ4v) is 4.34. The van der Waals surface area contributed by atoms with E-state index in [2.05, 4.69) is 4.72 Å². The van der Waals surface area contributed by atoms with Gasteiger partial charge in [-0.05, 0) is 48.6 Å². The summed E-state index contributed by atoms with van der Waals surface area (Å²) >= 11 is 0. The third-order valence-corrected chi connectivity index (χ3v) is 5.65. The van der Waals surface area contributed by atoms with E-state index in [4.69, 9.17) is 9.84 Å². The third kappa shape index (κ3) is 4.00. The molecule has 0 radical (unpaired) electrons. The second-order valence-corrected chi connectivity index (χ2v) is 7.60. The summed E-state index contributed by atoms with van der Waals surface area (Å²) < 4.78 is 33.3. The lowest BCUT2D eigenvalue weighted by Crippen LogP contribution is -2.31. The van der Waals surface area contributed by atoms with Gasteiger partial charge in [0.25, 0.3) is 0 Å². The maximum Gasteiger partial charge on any atom is 0.341 e. The Bertz CT molecular complexity index is 864. The molecule has 132 valence electrons. The summed E-state index contributed by atoms with van der Waals surface area (Å²) in [5, 5.41) is 8.79. The second kappa shape index (κ2) is 7.25. The molecule has 2 aromatic carbocycles. The zero-order valence-electron chi connectivity index (χ0n) is 13.5. The monoisotopic (exact) mass is 361 g/mol. The van der Waals surface area contributed by atoms with E-state index < -0.39 is 22.6 Å². The standard InChI is InChI=1S/C18H19NO5S/c20-18(21)12-24-17-11-5-8-14-15(17)9-4-10-16(14)19-25(22,23)13-6-2-1-3-7-13/h1-3,5-8,11,16,19H,4,9-10,12H2,(H,20,21). The van der Waals surface area contributed by atoms with Crippen molar-refractivity contribution in [3.63, 3.8) is 0 Å². The molecule has 2 N–H and O–H groups in total. The average molecular weight is 361 g/mol. The van der Waals surface area contributed by atoms with Crippen molar-refractivity contribution in [2.75, 3.05) is 6.61 Å². The van der Waals surface area contributed by atoms with Crippen molar-refractivity contribution in [3.05, 3.63) is 59.7 Å². The first kappa shape index (κ1) is 17.4. The molecular formula is C18H19NO5S. The molecule has 0 amide bonds. The topological polar surface area (TPSA) is 92.7 Å². The molecule has 7 heteroatoms. The number of hydrogen-bond donors (Lipinski definition) is 2. The number of fused-ring (bicyclic) bond motifs is 1. The van der Waals surface area contributed by atoms with Crippen molar-refractivity contribution in [1.82, 2.24) is 4.72 Å². The largest absolute Gasteiger partial charge is 0.482 e. The van der Waals surface area contributed by atoms with Gasteiger partial charge in [-0.25, -0.2) is 17.9 Å². The van der Waals surface area contributed by atoms with Crippen LogP contribution in [0, 0.1) is 0 Å². The summed E-state index contributed by atoms with van der Waals surface area (Å²) in [5.41, 5.74) is 1.71. The highest BCUT2D eigenvalue weighted by Gasteiger charge is 2.27. The van der Waals surface area contributed by atoms with Crippen molar-refractivity contribution in [1.29, 1.82) is 0 Å². The zero-order valence-corrected chi connectivity index (χ0v) is 14.3. The van der Waals surface area contributed by atoms with E-state index in [0.717, 1.165) is 24.0 Å². The first-order valence-corrected chi connectivity index (χ1v) is 9.49. The van der Waals surface area contributed by atoms with Crippen molar-refractivity contribution in [2.24, 2.45) is 0 Å². The Hall–Kier alpha value is -2.38. The van der Waals surface area contributed by atoms with Gasteiger partial charge in [0.2, 0.25) is 10.0 Å². The Morgan fingerprint density at radius 3 is 2.64 bits per heavy atom. The van der Waals surface area contributed by atoms with Crippen LogP contribution in [0.4, 0.5) is 0 Å². The van der Waals surface area contributed by atoms with Gasteiger partial charge in [0.1, 0.15) is 5.75 Å². The number of hydrogen-bond acceptors (Lipinski definition) is 4. The smallest absolute Gasteiger partial charge is 0.341 e. The SMILES string of the molecule is O=C(O)COc1cccc2c1CCCC2NS(=O)(=O)c1ccccc1. The molecule has 6 nitrogen and oxygen atoms in total. The van der Waals surface area contributed by atoms with Gasteiger partial charge in [-0.3, -0.25) is 0 Å². The van der Waals surface area contributed by atoms with Crippen LogP contribution in [0.1, 0.15) is 30.0 Å². The average Bonchev–Trinajstić information content (AvgIpc) is 2.61. The van der Waals surface area contributed by atoms with Gasteiger partial charge in [0.05, 0.1) is 4.90 Å². The Balaban J connectivity index is 1.87. The number of nitrogens with one attached hydrogen (secondary N) is 1. The predicted octanol–water partition coefficient (Wildman–Crippen LogP) is 2.51. The maximum atomic E-state index is 12.6. The van der Waals surface area contributed by atoms with E-state index in [1.165, 1.54) is 0 Å². The number of sulfonamides is 1. The third-order valence-electron chi connectivity index (χ3n) is 4.17. The highest BCUT2D eigenvalue weighted by molar-refractivity contribution is 7.89. The highest BCUT2D eigenvalue weighted by atomic mass is 32.2. The van der Waals surface area contributed by atoms with Crippen LogP contribution in [0.25, 0.3) is 0 Å². The van der Waals surface area contributed by atoms with E-state index in [1.54, 1.807) is 42.5 Å². The fraction of sp³-hybridized carbons (Fsp3) is 0.278. The van der Waals surface area contributed by atoms with Gasteiger partial charge in [0.15, 0.2) is 6.61 Å². The molecule has 0 aromatic heterocycles. The lowest BCUT2D eigenvalue weighted by Gasteiger charge is -2.27. The van der Waals surface area contributed by atoms with Gasteiger partial charge >= 0.3 is 5.97 Å². The van der Waals surface area contributed by atoms with Crippen LogP contribution in [0.15, 0.2) is 53.4 Å². The minimum atomic E-state index is -3.63. The fourth-order valence-electron chi connectivity index (χ4n) is 3.07. The maximum absolute atomic E-state index is 12.6. The van der Waals surface area contributed by atoms with Crippen LogP contribution in [0.5, 0.6) is 5.75 Å². The van der Waals surface area contributed by atoms with Crippen molar-refractivity contribution in [2.45, 2.75) is 30.2 Å². The van der Waals surface area contributed by atoms with Gasteiger partial charge < -0.3 is 9.84 Å². The molecule has 3 rings (SSSR count). The lowest BCUT2D eigenvalue weighted by molar-refractivity contribution is -0.139. The first-order valence-electron chi connectivity index (χ1n) is 8.01. The summed E-state index contributed by atoms with van der Waals surface area (Å²) in [5.74, 6) is -0.543. The van der Waals surface area contributed by atoms with E-state index in [9.17, 15) is 13.2 Å². The second-order valence-electron chi connectivity index (χ2n) is 5.89. The van der Waals surface area contributed by atoms with Crippen molar-refractivity contribution in [3.8, 4) is 5.75 Å². The molecule has 0 saturated carbocycles. The van der Waals surface area contributed by atoms with Gasteiger partial charge in [-0.1, -0.05) is 30.3 Å². The van der Waals surface area contributed by atoms with E-state index in [0.29, 0.717) is 12.2 Å². The van der Waals surface area contributed by atoms with Crippen LogP contribution in [-0.4, -0.2) is 26.1 Å². The summed E-state index contributed by atoms with van der Waals surface area (Å²) in [6.45, 7) is -0.420.